The fraction of sp³-hybridized carbons (Fsp3) is 0.263. The molecule has 0 aromatic heterocycles. The molecule has 2 rings (SSSR count). The molecule has 112 valence electrons. The van der Waals surface area contributed by atoms with Crippen molar-refractivity contribution >= 4 is 11.4 Å². The first kappa shape index (κ1) is 15.8. The number of azo groups is 1. The molecule has 1 atom stereocenters. The number of benzene rings is 2. The molecule has 0 aliphatic heterocycles. The summed E-state index contributed by atoms with van der Waals surface area (Å²) in [6.07, 6.45) is 7.45. The maximum Gasteiger partial charge on any atom is 0.143 e. The van der Waals surface area contributed by atoms with Gasteiger partial charge in [0.15, 0.2) is 0 Å². The zero-order valence-electron chi connectivity index (χ0n) is 13.0. The predicted molar refractivity (Wildman–Crippen MR) is 89.8 cm³/mol. The molecule has 3 nitrogen and oxygen atoms in total. The normalized spacial score (nSPS) is 12.2. The zero-order valence-corrected chi connectivity index (χ0v) is 13.0. The second kappa shape index (κ2) is 7.42. The van der Waals surface area contributed by atoms with Gasteiger partial charge in [-0.1, -0.05) is 38.3 Å². The van der Waals surface area contributed by atoms with Crippen molar-refractivity contribution in [2.24, 2.45) is 16.1 Å². The standard InChI is InChI=1S/C19H20N2O/c1-4-14(3)11-16-9-10-19(22)18(13-16)21-20-17-8-6-7-15(5-2)12-17/h2,6-10,12-14,22H,4,11H2,1,3H3. The summed E-state index contributed by atoms with van der Waals surface area (Å²) in [5.41, 5.74) is 3.05. The lowest BCUT2D eigenvalue weighted by Crippen LogP contribution is -1.97. The van der Waals surface area contributed by atoms with Crippen LogP contribution in [0.1, 0.15) is 31.4 Å². The predicted octanol–water partition coefficient (Wildman–Crippen LogP) is 5.38. The first-order valence-electron chi connectivity index (χ1n) is 7.42. The first-order valence-corrected chi connectivity index (χ1v) is 7.42. The summed E-state index contributed by atoms with van der Waals surface area (Å²) in [5, 5.41) is 18.2. The van der Waals surface area contributed by atoms with E-state index in [1.165, 1.54) is 0 Å². The molecule has 0 saturated carbocycles. The topological polar surface area (TPSA) is 45.0 Å². The number of hydrogen-bond donors (Lipinski definition) is 1. The molecule has 0 heterocycles. The van der Waals surface area contributed by atoms with Crippen LogP contribution in [-0.4, -0.2) is 5.11 Å². The number of nitrogens with zero attached hydrogens (tertiary/aromatic N) is 2. The van der Waals surface area contributed by atoms with E-state index in [1.54, 1.807) is 12.1 Å². The molecule has 22 heavy (non-hydrogen) atoms. The maximum absolute atomic E-state index is 9.92. The third-order valence-corrected chi connectivity index (χ3v) is 3.61. The fourth-order valence-corrected chi connectivity index (χ4v) is 2.09. The van der Waals surface area contributed by atoms with Crippen LogP contribution in [0, 0.1) is 18.3 Å². The Bertz CT molecular complexity index is 714. The van der Waals surface area contributed by atoms with Crippen molar-refractivity contribution < 1.29 is 5.11 Å². The third kappa shape index (κ3) is 4.20. The van der Waals surface area contributed by atoms with E-state index >= 15 is 0 Å². The summed E-state index contributed by atoms with van der Waals surface area (Å²) in [7, 11) is 0. The molecule has 0 fully saturated rings. The van der Waals surface area contributed by atoms with E-state index in [0.717, 1.165) is 24.0 Å². The highest BCUT2D eigenvalue weighted by atomic mass is 16.3. The highest BCUT2D eigenvalue weighted by Crippen LogP contribution is 2.30. The third-order valence-electron chi connectivity index (χ3n) is 3.61. The average Bonchev–Trinajstić information content (AvgIpc) is 2.55. The van der Waals surface area contributed by atoms with E-state index < -0.39 is 0 Å². The van der Waals surface area contributed by atoms with Gasteiger partial charge in [-0.05, 0) is 48.2 Å². The molecule has 1 N–H and O–H groups in total. The lowest BCUT2D eigenvalue weighted by atomic mass is 9.98. The zero-order chi connectivity index (χ0) is 15.9. The minimum Gasteiger partial charge on any atom is -0.506 e. The molecule has 3 heteroatoms. The van der Waals surface area contributed by atoms with Crippen LogP contribution in [0.5, 0.6) is 5.75 Å². The molecule has 2 aromatic rings. The van der Waals surface area contributed by atoms with Crippen molar-refractivity contribution in [3.63, 3.8) is 0 Å². The first-order chi connectivity index (χ1) is 10.6. The molecule has 2 aromatic carbocycles. The summed E-state index contributed by atoms with van der Waals surface area (Å²) in [5.74, 6) is 3.29. The summed E-state index contributed by atoms with van der Waals surface area (Å²) in [4.78, 5) is 0. The summed E-state index contributed by atoms with van der Waals surface area (Å²) in [6, 6.07) is 12.8. The monoisotopic (exact) mass is 292 g/mol. The van der Waals surface area contributed by atoms with Crippen molar-refractivity contribution in [1.82, 2.24) is 0 Å². The summed E-state index contributed by atoms with van der Waals surface area (Å²) < 4.78 is 0. The lowest BCUT2D eigenvalue weighted by Gasteiger charge is -2.09. The lowest BCUT2D eigenvalue weighted by molar-refractivity contribution is 0.475. The van der Waals surface area contributed by atoms with Crippen LogP contribution in [0.4, 0.5) is 11.4 Å². The maximum atomic E-state index is 9.92. The van der Waals surface area contributed by atoms with Crippen molar-refractivity contribution in [1.29, 1.82) is 0 Å². The van der Waals surface area contributed by atoms with Gasteiger partial charge in [0.25, 0.3) is 0 Å². The van der Waals surface area contributed by atoms with Crippen LogP contribution in [0.2, 0.25) is 0 Å². The number of hydrogen-bond acceptors (Lipinski definition) is 3. The van der Waals surface area contributed by atoms with Gasteiger partial charge in [0.05, 0.1) is 5.69 Å². The quantitative estimate of drug-likeness (QED) is 0.583. The van der Waals surface area contributed by atoms with Crippen molar-refractivity contribution in [2.45, 2.75) is 26.7 Å². The van der Waals surface area contributed by atoms with Gasteiger partial charge >= 0.3 is 0 Å². The van der Waals surface area contributed by atoms with Crippen LogP contribution in [-0.2, 0) is 6.42 Å². The van der Waals surface area contributed by atoms with Crippen LogP contribution in [0.3, 0.4) is 0 Å². The average molecular weight is 292 g/mol. The number of terminal acetylenes is 1. The molecule has 0 saturated heterocycles. The van der Waals surface area contributed by atoms with Gasteiger partial charge in [-0.15, -0.1) is 11.5 Å². The Kier molecular flexibility index (Phi) is 5.32. The van der Waals surface area contributed by atoms with Crippen molar-refractivity contribution in [3.05, 3.63) is 53.6 Å². The van der Waals surface area contributed by atoms with Gasteiger partial charge in [-0.3, -0.25) is 0 Å². The van der Waals surface area contributed by atoms with E-state index in [4.69, 9.17) is 6.42 Å². The second-order valence-electron chi connectivity index (χ2n) is 5.44. The molecule has 1 unspecified atom stereocenters. The number of phenolic OH excluding ortho intramolecular Hbond substituents is 1. The summed E-state index contributed by atoms with van der Waals surface area (Å²) >= 11 is 0. The Morgan fingerprint density at radius 1 is 1.18 bits per heavy atom. The van der Waals surface area contributed by atoms with E-state index in [2.05, 4.69) is 30.0 Å². The Morgan fingerprint density at radius 3 is 2.73 bits per heavy atom. The van der Waals surface area contributed by atoms with Gasteiger partial charge in [-0.25, -0.2) is 0 Å². The van der Waals surface area contributed by atoms with Gasteiger partial charge in [0.1, 0.15) is 11.4 Å². The second-order valence-corrected chi connectivity index (χ2v) is 5.44. The van der Waals surface area contributed by atoms with E-state index in [9.17, 15) is 5.11 Å². The van der Waals surface area contributed by atoms with E-state index in [1.807, 2.05) is 30.3 Å². The molecule has 0 aliphatic carbocycles. The van der Waals surface area contributed by atoms with Crippen LogP contribution < -0.4 is 0 Å². The van der Waals surface area contributed by atoms with Crippen LogP contribution in [0.15, 0.2) is 52.7 Å². The van der Waals surface area contributed by atoms with E-state index in [-0.39, 0.29) is 5.75 Å². The SMILES string of the molecule is C#Cc1cccc(N=Nc2cc(CC(C)CC)ccc2O)c1. The van der Waals surface area contributed by atoms with Gasteiger partial charge in [0.2, 0.25) is 0 Å². The van der Waals surface area contributed by atoms with Gasteiger partial charge < -0.3 is 5.11 Å². The molecule has 0 bridgehead atoms. The minimum atomic E-state index is 0.129. The Hall–Kier alpha value is -2.60. The van der Waals surface area contributed by atoms with Crippen molar-refractivity contribution in [3.8, 4) is 18.1 Å². The Balaban J connectivity index is 2.22. The summed E-state index contributed by atoms with van der Waals surface area (Å²) in [6.45, 7) is 4.38. The molecule has 0 radical (unpaired) electrons. The van der Waals surface area contributed by atoms with Crippen LogP contribution in [0.25, 0.3) is 0 Å². The highest BCUT2D eigenvalue weighted by molar-refractivity contribution is 5.53. The number of phenols is 1. The number of rotatable bonds is 5. The Labute approximate surface area is 131 Å². The van der Waals surface area contributed by atoms with Crippen molar-refractivity contribution in [2.75, 3.05) is 0 Å². The Morgan fingerprint density at radius 2 is 2.00 bits per heavy atom. The molecular formula is C19H20N2O. The molecular weight excluding hydrogens is 272 g/mol. The minimum absolute atomic E-state index is 0.129. The van der Waals surface area contributed by atoms with Crippen LogP contribution >= 0.6 is 0 Å². The highest BCUT2D eigenvalue weighted by Gasteiger charge is 2.05. The van der Waals surface area contributed by atoms with Gasteiger partial charge in [0, 0.05) is 5.56 Å². The fourth-order valence-electron chi connectivity index (χ4n) is 2.09. The largest absolute Gasteiger partial charge is 0.506 e. The molecule has 0 amide bonds. The smallest absolute Gasteiger partial charge is 0.143 e. The molecule has 0 aliphatic rings. The number of aromatic hydroxyl groups is 1. The van der Waals surface area contributed by atoms with Gasteiger partial charge in [-0.2, -0.15) is 5.11 Å². The molecule has 0 spiro atoms. The van der Waals surface area contributed by atoms with E-state index in [0.29, 0.717) is 17.3 Å².